The zero-order chi connectivity index (χ0) is 25.2. The van der Waals surface area contributed by atoms with Gasteiger partial charge in [0.25, 0.3) is 0 Å². The molecular formula is C23H25N3O6S3. The van der Waals surface area contributed by atoms with Crippen molar-refractivity contribution in [3.8, 4) is 17.0 Å². The molecule has 1 N–H and O–H groups in total. The standard InChI is InChI=1S/C23H25N3O6S3/c1-32-18-5-3-16(4-6-18)21-15-33-23(24-21)25-22(27)17-11-13-26(14-12-17)35(30,31)20-9-7-19(8-10-20)34(2,28)29/h3-10,15,17H,11-14H2,1-2H3,(H,24,25,27). The van der Waals surface area contributed by atoms with Crippen LogP contribution in [0.15, 0.2) is 63.7 Å². The number of hydrogen-bond acceptors (Lipinski definition) is 8. The monoisotopic (exact) mass is 535 g/mol. The summed E-state index contributed by atoms with van der Waals surface area (Å²) in [6.07, 6.45) is 1.82. The van der Waals surface area contributed by atoms with E-state index in [2.05, 4.69) is 10.3 Å². The van der Waals surface area contributed by atoms with Crippen molar-refractivity contribution >= 4 is 42.2 Å². The largest absolute Gasteiger partial charge is 0.497 e. The number of benzene rings is 2. The summed E-state index contributed by atoms with van der Waals surface area (Å²) in [6.45, 7) is 0.395. The number of anilines is 1. The molecule has 1 aromatic heterocycles. The van der Waals surface area contributed by atoms with Gasteiger partial charge in [0.2, 0.25) is 15.9 Å². The number of carbonyl (C=O) groups is 1. The van der Waals surface area contributed by atoms with Crippen LogP contribution in [0.1, 0.15) is 12.8 Å². The fraction of sp³-hybridized carbons (Fsp3) is 0.304. The Balaban J connectivity index is 1.35. The van der Waals surface area contributed by atoms with Crippen LogP contribution >= 0.6 is 11.3 Å². The van der Waals surface area contributed by atoms with Crippen LogP contribution in [0.4, 0.5) is 5.13 Å². The van der Waals surface area contributed by atoms with Crippen molar-refractivity contribution in [1.82, 2.24) is 9.29 Å². The first-order valence-electron chi connectivity index (χ1n) is 10.8. The van der Waals surface area contributed by atoms with Gasteiger partial charge in [-0.3, -0.25) is 4.79 Å². The molecule has 0 radical (unpaired) electrons. The van der Waals surface area contributed by atoms with Gasteiger partial charge in [-0.15, -0.1) is 11.3 Å². The number of hydrogen-bond donors (Lipinski definition) is 1. The fourth-order valence-corrected chi connectivity index (χ4v) is 6.62. The predicted molar refractivity (Wildman–Crippen MR) is 134 cm³/mol. The first kappa shape index (κ1) is 25.3. The molecule has 1 aliphatic heterocycles. The maximum absolute atomic E-state index is 13.0. The third-order valence-corrected chi connectivity index (χ3v) is 9.63. The first-order chi connectivity index (χ1) is 16.6. The molecule has 0 atom stereocenters. The lowest BCUT2D eigenvalue weighted by molar-refractivity contribution is -0.120. The maximum atomic E-state index is 13.0. The molecule has 0 spiro atoms. The zero-order valence-electron chi connectivity index (χ0n) is 19.2. The van der Waals surface area contributed by atoms with E-state index in [0.717, 1.165) is 23.3 Å². The molecule has 0 bridgehead atoms. The molecule has 0 aliphatic carbocycles. The molecule has 4 rings (SSSR count). The third-order valence-electron chi connectivity index (χ3n) is 5.83. The molecular weight excluding hydrogens is 510 g/mol. The van der Waals surface area contributed by atoms with Gasteiger partial charge in [-0.1, -0.05) is 0 Å². The van der Waals surface area contributed by atoms with Crippen molar-refractivity contribution in [2.75, 3.05) is 31.8 Å². The summed E-state index contributed by atoms with van der Waals surface area (Å²) in [6, 6.07) is 12.6. The first-order valence-corrected chi connectivity index (χ1v) is 15.0. The van der Waals surface area contributed by atoms with Crippen molar-refractivity contribution in [2.24, 2.45) is 5.92 Å². The van der Waals surface area contributed by atoms with Crippen LogP contribution in [0.5, 0.6) is 5.75 Å². The number of nitrogens with one attached hydrogen (secondary N) is 1. The zero-order valence-corrected chi connectivity index (χ0v) is 21.6. The molecule has 1 saturated heterocycles. The summed E-state index contributed by atoms with van der Waals surface area (Å²) in [5.41, 5.74) is 1.65. The Hall–Kier alpha value is -2.80. The van der Waals surface area contributed by atoms with E-state index in [1.54, 1.807) is 7.11 Å². The van der Waals surface area contributed by atoms with Crippen LogP contribution in [0.2, 0.25) is 0 Å². The van der Waals surface area contributed by atoms with Crippen LogP contribution in [-0.2, 0) is 24.7 Å². The van der Waals surface area contributed by atoms with E-state index in [-0.39, 0.29) is 34.7 Å². The quantitative estimate of drug-likeness (QED) is 0.493. The lowest BCUT2D eigenvalue weighted by atomic mass is 9.97. The van der Waals surface area contributed by atoms with Crippen LogP contribution < -0.4 is 10.1 Å². The molecule has 2 aromatic carbocycles. The number of sulfonamides is 1. The number of nitrogens with zero attached hydrogens (tertiary/aromatic N) is 2. The minimum absolute atomic E-state index is 0.0293. The Kier molecular flexibility index (Phi) is 7.27. The minimum atomic E-state index is -3.78. The second-order valence-electron chi connectivity index (χ2n) is 8.18. The number of rotatable bonds is 7. The van der Waals surface area contributed by atoms with Crippen LogP contribution in [0.3, 0.4) is 0 Å². The van der Waals surface area contributed by atoms with E-state index < -0.39 is 19.9 Å². The third kappa shape index (κ3) is 5.72. The topological polar surface area (TPSA) is 123 Å². The molecule has 2 heterocycles. The second kappa shape index (κ2) is 10.1. The van der Waals surface area contributed by atoms with Gasteiger partial charge in [0.15, 0.2) is 15.0 Å². The molecule has 9 nitrogen and oxygen atoms in total. The van der Waals surface area contributed by atoms with Crippen LogP contribution in [0.25, 0.3) is 11.3 Å². The summed E-state index contributed by atoms with van der Waals surface area (Å²) < 4.78 is 55.6. The van der Waals surface area contributed by atoms with Crippen molar-refractivity contribution in [3.05, 3.63) is 53.9 Å². The summed E-state index contributed by atoms with van der Waals surface area (Å²) >= 11 is 1.33. The highest BCUT2D eigenvalue weighted by atomic mass is 32.2. The van der Waals surface area contributed by atoms with Crippen molar-refractivity contribution in [1.29, 1.82) is 0 Å². The molecule has 1 fully saturated rings. The molecule has 12 heteroatoms. The molecule has 35 heavy (non-hydrogen) atoms. The minimum Gasteiger partial charge on any atom is -0.497 e. The lowest BCUT2D eigenvalue weighted by Crippen LogP contribution is -2.41. The molecule has 0 saturated carbocycles. The van der Waals surface area contributed by atoms with Crippen molar-refractivity contribution in [2.45, 2.75) is 22.6 Å². The molecule has 0 unspecified atom stereocenters. The van der Waals surface area contributed by atoms with Gasteiger partial charge in [-0.2, -0.15) is 4.31 Å². The van der Waals surface area contributed by atoms with Crippen LogP contribution in [-0.4, -0.2) is 58.5 Å². The van der Waals surface area contributed by atoms with Gasteiger partial charge in [-0.25, -0.2) is 21.8 Å². The summed E-state index contributed by atoms with van der Waals surface area (Å²) in [5, 5.41) is 5.20. The second-order valence-corrected chi connectivity index (χ2v) is 13.0. The number of aromatic nitrogens is 1. The number of ether oxygens (including phenoxy) is 1. The highest BCUT2D eigenvalue weighted by Crippen LogP contribution is 2.29. The number of thiazole rings is 1. The van der Waals surface area contributed by atoms with E-state index in [1.165, 1.54) is 39.9 Å². The Morgan fingerprint density at radius 1 is 1.00 bits per heavy atom. The van der Waals surface area contributed by atoms with Gasteiger partial charge in [0.1, 0.15) is 5.75 Å². The number of methoxy groups -OCH3 is 1. The number of amides is 1. The Morgan fingerprint density at radius 2 is 1.60 bits per heavy atom. The number of sulfone groups is 1. The predicted octanol–water partition coefficient (Wildman–Crippen LogP) is 3.26. The van der Waals surface area contributed by atoms with Gasteiger partial charge < -0.3 is 10.1 Å². The molecule has 186 valence electrons. The van der Waals surface area contributed by atoms with Gasteiger partial charge >= 0.3 is 0 Å². The van der Waals surface area contributed by atoms with Gasteiger partial charge in [-0.05, 0) is 61.4 Å². The Bertz CT molecular complexity index is 1410. The van der Waals surface area contributed by atoms with Gasteiger partial charge in [0.05, 0.1) is 22.6 Å². The van der Waals surface area contributed by atoms with Crippen LogP contribution in [0, 0.1) is 5.92 Å². The summed E-state index contributed by atoms with van der Waals surface area (Å²) in [7, 11) is -5.59. The van der Waals surface area contributed by atoms with Gasteiger partial charge in [0, 0.05) is 36.2 Å². The highest BCUT2D eigenvalue weighted by molar-refractivity contribution is 7.90. The van der Waals surface area contributed by atoms with E-state index in [9.17, 15) is 21.6 Å². The number of piperidine rings is 1. The van der Waals surface area contributed by atoms with E-state index >= 15 is 0 Å². The normalized spacial score (nSPS) is 15.6. The Morgan fingerprint density at radius 3 is 2.17 bits per heavy atom. The molecule has 3 aromatic rings. The Labute approximate surface area is 208 Å². The number of carbonyl (C=O) groups excluding carboxylic acids is 1. The summed E-state index contributed by atoms with van der Waals surface area (Å²) in [5.74, 6) is 0.231. The van der Waals surface area contributed by atoms with Crippen molar-refractivity contribution < 1.29 is 26.4 Å². The average molecular weight is 536 g/mol. The fourth-order valence-electron chi connectivity index (χ4n) is 3.80. The molecule has 1 amide bonds. The van der Waals surface area contributed by atoms with E-state index in [0.29, 0.717) is 18.0 Å². The maximum Gasteiger partial charge on any atom is 0.243 e. The summed E-state index contributed by atoms with van der Waals surface area (Å²) in [4.78, 5) is 17.3. The SMILES string of the molecule is COc1ccc(-c2csc(NC(=O)C3CCN(S(=O)(=O)c4ccc(S(C)(=O)=O)cc4)CC3)n2)cc1. The lowest BCUT2D eigenvalue weighted by Gasteiger charge is -2.30. The average Bonchev–Trinajstić information content (AvgIpc) is 3.32. The van der Waals surface area contributed by atoms with Crippen molar-refractivity contribution in [3.63, 3.8) is 0 Å². The smallest absolute Gasteiger partial charge is 0.243 e. The van der Waals surface area contributed by atoms with E-state index in [1.807, 2.05) is 29.6 Å². The highest BCUT2D eigenvalue weighted by Gasteiger charge is 2.32. The molecule has 1 aliphatic rings. The van der Waals surface area contributed by atoms with E-state index in [4.69, 9.17) is 4.74 Å².